The number of amides is 1. The molecular weight excluding hydrogens is 501 g/mol. The second-order valence-electron chi connectivity index (χ2n) is 9.91. The molecule has 10 heteroatoms. The third-order valence-electron chi connectivity index (χ3n) is 6.75. The molecule has 2 aromatic carbocycles. The highest BCUT2D eigenvalue weighted by Crippen LogP contribution is 2.38. The van der Waals surface area contributed by atoms with Crippen molar-refractivity contribution in [1.82, 2.24) is 10.2 Å². The van der Waals surface area contributed by atoms with Crippen molar-refractivity contribution in [2.24, 2.45) is 0 Å². The molecule has 0 bridgehead atoms. The quantitative estimate of drug-likeness (QED) is 0.338. The molecule has 0 spiro atoms. The second kappa shape index (κ2) is 10.3. The molecule has 1 saturated heterocycles. The minimum absolute atomic E-state index is 0.0151. The Balaban J connectivity index is 1.38. The number of nitrogens with zero attached hydrogens (tertiary/aromatic N) is 3. The fourth-order valence-electron chi connectivity index (χ4n) is 4.41. The van der Waals surface area contributed by atoms with Crippen LogP contribution in [0.15, 0.2) is 42.5 Å². The lowest BCUT2D eigenvalue weighted by Gasteiger charge is -2.29. The molecule has 2 fully saturated rings. The molecule has 6 nitrogen and oxygen atoms in total. The largest absolute Gasteiger partial charge is 0.494 e. The van der Waals surface area contributed by atoms with E-state index in [0.29, 0.717) is 25.6 Å². The number of halogens is 3. The third kappa shape index (κ3) is 5.73. The molecule has 2 aromatic rings. The first-order valence-electron chi connectivity index (χ1n) is 12.2. The Labute approximate surface area is 220 Å². The van der Waals surface area contributed by atoms with Crippen LogP contribution in [-0.4, -0.2) is 40.7 Å². The Kier molecular flexibility index (Phi) is 7.49. The fourth-order valence-corrected chi connectivity index (χ4v) is 4.91. The number of alkyl halides is 3. The van der Waals surface area contributed by atoms with E-state index in [-0.39, 0.29) is 16.8 Å². The molecule has 37 heavy (non-hydrogen) atoms. The number of hydrogen-bond acceptors (Lipinski definition) is 5. The second-order valence-corrected chi connectivity index (χ2v) is 10.3. The van der Waals surface area contributed by atoms with Crippen molar-refractivity contribution in [1.29, 1.82) is 5.26 Å². The highest BCUT2D eigenvalue weighted by atomic mass is 32.1. The summed E-state index contributed by atoms with van der Waals surface area (Å²) in [6, 6.07) is 13.6. The number of hydrogen-bond donors (Lipinski definition) is 1. The van der Waals surface area contributed by atoms with Crippen LogP contribution in [-0.2, 0) is 11.0 Å². The summed E-state index contributed by atoms with van der Waals surface area (Å²) in [6.07, 6.45) is -1.72. The zero-order valence-corrected chi connectivity index (χ0v) is 21.7. The molecule has 1 atom stereocenters. The standard InChI is InChI=1S/C27H29F3N4O2S/c1-17(32-20-8-9-20)18-6-11-22(12-7-18)36-14-4-13-33-25(37)34(24(35)26(33,2)3)21-10-5-19(16-31)23(15-21)27(28,29)30/h5-7,10-12,15,17,20,32H,4,8-9,13-14H2,1-3H3. The van der Waals surface area contributed by atoms with E-state index in [1.54, 1.807) is 24.8 Å². The molecule has 0 radical (unpaired) electrons. The Morgan fingerprint density at radius 2 is 1.89 bits per heavy atom. The van der Waals surface area contributed by atoms with E-state index in [9.17, 15) is 18.0 Å². The van der Waals surface area contributed by atoms with E-state index in [2.05, 4.69) is 12.2 Å². The molecule has 1 amide bonds. The van der Waals surface area contributed by atoms with Crippen molar-refractivity contribution in [3.05, 3.63) is 59.2 Å². The Bertz CT molecular complexity index is 1220. The maximum absolute atomic E-state index is 13.5. The van der Waals surface area contributed by atoms with E-state index < -0.39 is 28.7 Å². The monoisotopic (exact) mass is 530 g/mol. The number of anilines is 1. The minimum atomic E-state index is -4.73. The molecular formula is C27H29F3N4O2S. The molecule has 196 valence electrons. The summed E-state index contributed by atoms with van der Waals surface area (Å²) >= 11 is 5.52. The summed E-state index contributed by atoms with van der Waals surface area (Å²) in [5.41, 5.74) is -1.48. The molecule has 1 saturated carbocycles. The van der Waals surface area contributed by atoms with Gasteiger partial charge in [-0.05, 0) is 88.1 Å². The molecule has 0 aromatic heterocycles. The smallest absolute Gasteiger partial charge is 0.417 e. The van der Waals surface area contributed by atoms with E-state index in [1.165, 1.54) is 24.5 Å². The maximum Gasteiger partial charge on any atom is 0.417 e. The fraction of sp³-hybridized carbons (Fsp3) is 0.444. The number of carbonyl (C=O) groups excluding carboxylic acids is 1. The lowest BCUT2D eigenvalue weighted by molar-refractivity contribution is -0.137. The number of carbonyl (C=O) groups is 1. The first-order chi connectivity index (χ1) is 17.4. The van der Waals surface area contributed by atoms with Gasteiger partial charge >= 0.3 is 6.18 Å². The Morgan fingerprint density at radius 3 is 2.49 bits per heavy atom. The topological polar surface area (TPSA) is 68.6 Å². The van der Waals surface area contributed by atoms with Crippen LogP contribution in [0.2, 0.25) is 0 Å². The Hall–Kier alpha value is -3.16. The van der Waals surface area contributed by atoms with Crippen molar-refractivity contribution in [2.75, 3.05) is 18.1 Å². The summed E-state index contributed by atoms with van der Waals surface area (Å²) in [5, 5.41) is 12.7. The van der Waals surface area contributed by atoms with Crippen molar-refractivity contribution in [3.63, 3.8) is 0 Å². The van der Waals surface area contributed by atoms with Gasteiger partial charge in [-0.15, -0.1) is 0 Å². The maximum atomic E-state index is 13.5. The van der Waals surface area contributed by atoms with Gasteiger partial charge < -0.3 is 15.0 Å². The van der Waals surface area contributed by atoms with Gasteiger partial charge in [0.15, 0.2) is 5.11 Å². The van der Waals surface area contributed by atoms with Gasteiger partial charge in [0.05, 0.1) is 29.5 Å². The number of ether oxygens (including phenoxy) is 1. The van der Waals surface area contributed by atoms with Crippen molar-refractivity contribution in [3.8, 4) is 11.8 Å². The van der Waals surface area contributed by atoms with Crippen LogP contribution in [0.4, 0.5) is 18.9 Å². The van der Waals surface area contributed by atoms with Crippen LogP contribution in [0, 0.1) is 11.3 Å². The number of thiocarbonyl (C=S) groups is 1. The molecule has 1 heterocycles. The van der Waals surface area contributed by atoms with Crippen LogP contribution in [0.5, 0.6) is 5.75 Å². The predicted molar refractivity (Wildman–Crippen MR) is 138 cm³/mol. The van der Waals surface area contributed by atoms with Crippen LogP contribution < -0.4 is 15.0 Å². The number of benzene rings is 2. The normalized spacial score (nSPS) is 18.2. The van der Waals surface area contributed by atoms with Gasteiger partial charge in [-0.1, -0.05) is 12.1 Å². The van der Waals surface area contributed by atoms with Crippen LogP contribution in [0.3, 0.4) is 0 Å². The zero-order chi connectivity index (χ0) is 27.0. The van der Waals surface area contributed by atoms with E-state index in [0.717, 1.165) is 22.8 Å². The molecule has 1 unspecified atom stereocenters. The van der Waals surface area contributed by atoms with Gasteiger partial charge in [-0.3, -0.25) is 9.69 Å². The summed E-state index contributed by atoms with van der Waals surface area (Å²) in [6.45, 7) is 6.28. The van der Waals surface area contributed by atoms with Crippen molar-refractivity contribution in [2.45, 2.75) is 63.8 Å². The van der Waals surface area contributed by atoms with E-state index in [4.69, 9.17) is 22.2 Å². The SMILES string of the molecule is CC(NC1CC1)c1ccc(OCCCN2C(=S)N(c3ccc(C#N)c(C(F)(F)F)c3)C(=O)C2(C)C)cc1. The lowest BCUT2D eigenvalue weighted by atomic mass is 10.0. The number of rotatable bonds is 9. The van der Waals surface area contributed by atoms with Gasteiger partial charge in [0.1, 0.15) is 11.3 Å². The minimum Gasteiger partial charge on any atom is -0.494 e. The van der Waals surface area contributed by atoms with Crippen LogP contribution in [0.25, 0.3) is 0 Å². The predicted octanol–water partition coefficient (Wildman–Crippen LogP) is 5.57. The first-order valence-corrected chi connectivity index (χ1v) is 12.6. The lowest BCUT2D eigenvalue weighted by Crippen LogP contribution is -2.44. The molecule has 1 N–H and O–H groups in total. The average molecular weight is 531 g/mol. The highest BCUT2D eigenvalue weighted by molar-refractivity contribution is 7.80. The van der Waals surface area contributed by atoms with Gasteiger partial charge in [-0.2, -0.15) is 18.4 Å². The summed E-state index contributed by atoms with van der Waals surface area (Å²) in [7, 11) is 0. The van der Waals surface area contributed by atoms with Crippen LogP contribution in [0.1, 0.15) is 62.8 Å². The number of nitrogens with one attached hydrogen (secondary N) is 1. The molecule has 1 aliphatic heterocycles. The van der Waals surface area contributed by atoms with E-state index >= 15 is 0 Å². The van der Waals surface area contributed by atoms with Crippen molar-refractivity contribution >= 4 is 28.9 Å². The summed E-state index contributed by atoms with van der Waals surface area (Å²) in [5.74, 6) is 0.307. The average Bonchev–Trinajstić information content (AvgIpc) is 3.64. The van der Waals surface area contributed by atoms with Crippen LogP contribution >= 0.6 is 12.2 Å². The Morgan fingerprint density at radius 1 is 1.22 bits per heavy atom. The first kappa shape index (κ1) is 26.9. The van der Waals surface area contributed by atoms with Crippen molar-refractivity contribution < 1.29 is 22.7 Å². The third-order valence-corrected chi connectivity index (χ3v) is 7.15. The molecule has 1 aliphatic carbocycles. The zero-order valence-electron chi connectivity index (χ0n) is 20.9. The van der Waals surface area contributed by atoms with Gasteiger partial charge in [0.25, 0.3) is 5.91 Å². The van der Waals surface area contributed by atoms with Gasteiger partial charge in [0, 0.05) is 18.6 Å². The van der Waals surface area contributed by atoms with Gasteiger partial charge in [-0.25, -0.2) is 0 Å². The van der Waals surface area contributed by atoms with Gasteiger partial charge in [0.2, 0.25) is 0 Å². The summed E-state index contributed by atoms with van der Waals surface area (Å²) < 4.78 is 46.3. The number of nitriles is 1. The summed E-state index contributed by atoms with van der Waals surface area (Å²) in [4.78, 5) is 16.0. The molecule has 4 rings (SSSR count). The molecule has 2 aliphatic rings. The van der Waals surface area contributed by atoms with E-state index in [1.807, 2.05) is 24.3 Å². The highest BCUT2D eigenvalue weighted by Gasteiger charge is 2.49.